The van der Waals surface area contributed by atoms with Crippen LogP contribution >= 0.6 is 0 Å². The van der Waals surface area contributed by atoms with Crippen molar-refractivity contribution in [2.45, 2.75) is 5.41 Å². The molecule has 284 valence electrons. The van der Waals surface area contributed by atoms with E-state index in [1.54, 1.807) is 0 Å². The van der Waals surface area contributed by atoms with Crippen molar-refractivity contribution in [1.82, 2.24) is 15.0 Å². The van der Waals surface area contributed by atoms with Crippen LogP contribution < -0.4 is 0 Å². The first-order valence-corrected chi connectivity index (χ1v) is 20.9. The van der Waals surface area contributed by atoms with Gasteiger partial charge in [-0.1, -0.05) is 224 Å². The molecule has 0 amide bonds. The zero-order chi connectivity index (χ0) is 40.3. The van der Waals surface area contributed by atoms with Crippen LogP contribution in [0, 0.1) is 0 Å². The van der Waals surface area contributed by atoms with E-state index in [1.807, 2.05) is 36.4 Å². The number of nitrogens with zero attached hydrogens (tertiary/aromatic N) is 3. The third-order valence-corrected chi connectivity index (χ3v) is 12.6. The molecule has 10 aromatic rings. The molecular formula is C58H37N3. The number of rotatable bonds is 6. The lowest BCUT2D eigenvalue weighted by atomic mass is 9.68. The average Bonchev–Trinajstić information content (AvgIpc) is 3.82. The van der Waals surface area contributed by atoms with E-state index in [0.29, 0.717) is 17.5 Å². The van der Waals surface area contributed by atoms with Gasteiger partial charge in [0.15, 0.2) is 17.5 Å². The maximum absolute atomic E-state index is 5.03. The van der Waals surface area contributed by atoms with E-state index in [9.17, 15) is 0 Å². The minimum atomic E-state index is -0.398. The summed E-state index contributed by atoms with van der Waals surface area (Å²) in [5, 5.41) is 0. The van der Waals surface area contributed by atoms with Gasteiger partial charge in [-0.2, -0.15) is 0 Å². The molecule has 0 N–H and O–H groups in total. The molecule has 9 aromatic carbocycles. The Labute approximate surface area is 355 Å². The minimum Gasteiger partial charge on any atom is -0.208 e. The third kappa shape index (κ3) is 5.55. The summed E-state index contributed by atoms with van der Waals surface area (Å²) >= 11 is 0. The van der Waals surface area contributed by atoms with Crippen molar-refractivity contribution in [1.29, 1.82) is 0 Å². The summed E-state index contributed by atoms with van der Waals surface area (Å²) < 4.78 is 0. The van der Waals surface area contributed by atoms with Gasteiger partial charge in [0.05, 0.1) is 5.41 Å². The largest absolute Gasteiger partial charge is 0.208 e. The maximum Gasteiger partial charge on any atom is 0.164 e. The van der Waals surface area contributed by atoms with Gasteiger partial charge in [-0.3, -0.25) is 0 Å². The highest BCUT2D eigenvalue weighted by Crippen LogP contribution is 2.64. The standard InChI is InChI=1S/C58H37N3/c1-3-14-38(15-4-1)39-28-34-44(35-29-39)56-59-55(43-16-5-2-6-17-43)60-57(61-56)45-36-30-41(31-37-45)40-26-32-42(33-27-40)46-21-13-22-50-49-20-9-12-25-53(49)58(54(46)50)51-23-10-7-18-47(51)48-19-8-11-24-52(48)58/h1-37H. The molecule has 3 nitrogen and oxygen atoms in total. The molecule has 0 bridgehead atoms. The van der Waals surface area contributed by atoms with Crippen molar-refractivity contribution in [3.8, 4) is 89.8 Å². The number of hydrogen-bond donors (Lipinski definition) is 0. The van der Waals surface area contributed by atoms with E-state index < -0.39 is 5.41 Å². The van der Waals surface area contributed by atoms with E-state index in [-0.39, 0.29) is 0 Å². The topological polar surface area (TPSA) is 38.7 Å². The second kappa shape index (κ2) is 14.1. The summed E-state index contributed by atoms with van der Waals surface area (Å²) in [5.74, 6) is 1.93. The highest BCUT2D eigenvalue weighted by atomic mass is 15.0. The van der Waals surface area contributed by atoms with Crippen LogP contribution in [0.25, 0.3) is 89.8 Å². The van der Waals surface area contributed by atoms with Crippen molar-refractivity contribution in [2.24, 2.45) is 0 Å². The lowest BCUT2D eigenvalue weighted by Crippen LogP contribution is -2.26. The summed E-state index contributed by atoms with van der Waals surface area (Å²) in [7, 11) is 0. The first-order valence-electron chi connectivity index (χ1n) is 20.9. The molecule has 0 fully saturated rings. The normalized spacial score (nSPS) is 12.7. The van der Waals surface area contributed by atoms with Gasteiger partial charge in [-0.05, 0) is 77.9 Å². The Balaban J connectivity index is 0.905. The molecule has 1 heterocycles. The van der Waals surface area contributed by atoms with Crippen LogP contribution in [0.2, 0.25) is 0 Å². The van der Waals surface area contributed by atoms with Crippen LogP contribution in [0.4, 0.5) is 0 Å². The van der Waals surface area contributed by atoms with Gasteiger partial charge in [0.1, 0.15) is 0 Å². The van der Waals surface area contributed by atoms with Gasteiger partial charge in [-0.25, -0.2) is 15.0 Å². The van der Waals surface area contributed by atoms with E-state index in [2.05, 4.69) is 188 Å². The molecule has 1 aromatic heterocycles. The third-order valence-electron chi connectivity index (χ3n) is 12.6. The maximum atomic E-state index is 5.03. The number of fused-ring (bicyclic) bond motifs is 10. The molecule has 0 unspecified atom stereocenters. The van der Waals surface area contributed by atoms with Crippen LogP contribution in [0.3, 0.4) is 0 Å². The fraction of sp³-hybridized carbons (Fsp3) is 0.0172. The zero-order valence-corrected chi connectivity index (χ0v) is 33.2. The Bertz CT molecular complexity index is 3200. The molecule has 0 saturated heterocycles. The van der Waals surface area contributed by atoms with Gasteiger partial charge in [0, 0.05) is 16.7 Å². The zero-order valence-electron chi connectivity index (χ0n) is 33.2. The fourth-order valence-corrected chi connectivity index (χ4v) is 9.84. The summed E-state index contributed by atoms with van der Waals surface area (Å²) in [6, 6.07) is 80.5. The molecule has 12 rings (SSSR count). The monoisotopic (exact) mass is 775 g/mol. The van der Waals surface area contributed by atoms with Crippen LogP contribution in [-0.4, -0.2) is 15.0 Å². The Morgan fingerprint density at radius 3 is 0.967 bits per heavy atom. The lowest BCUT2D eigenvalue weighted by molar-refractivity contribution is 0.796. The second-order valence-electron chi connectivity index (χ2n) is 15.9. The van der Waals surface area contributed by atoms with Crippen LogP contribution in [0.5, 0.6) is 0 Å². The minimum absolute atomic E-state index is 0.398. The van der Waals surface area contributed by atoms with Gasteiger partial charge < -0.3 is 0 Å². The summed E-state index contributed by atoms with van der Waals surface area (Å²) in [6.07, 6.45) is 0. The molecule has 1 spiro atoms. The molecule has 0 aliphatic heterocycles. The molecule has 0 atom stereocenters. The summed E-state index contributed by atoms with van der Waals surface area (Å²) in [5.41, 5.74) is 20.2. The van der Waals surface area contributed by atoms with Gasteiger partial charge in [-0.15, -0.1) is 0 Å². The quantitative estimate of drug-likeness (QED) is 0.169. The molecule has 3 heteroatoms. The summed E-state index contributed by atoms with van der Waals surface area (Å²) in [4.78, 5) is 15.0. The number of benzene rings is 9. The van der Waals surface area contributed by atoms with Crippen LogP contribution in [-0.2, 0) is 5.41 Å². The Morgan fingerprint density at radius 2 is 0.508 bits per heavy atom. The van der Waals surface area contributed by atoms with Crippen molar-refractivity contribution < 1.29 is 0 Å². The van der Waals surface area contributed by atoms with Crippen molar-refractivity contribution in [2.75, 3.05) is 0 Å². The molecule has 61 heavy (non-hydrogen) atoms. The van der Waals surface area contributed by atoms with E-state index in [0.717, 1.165) is 33.4 Å². The molecule has 2 aliphatic carbocycles. The van der Waals surface area contributed by atoms with Crippen LogP contribution in [0.1, 0.15) is 22.3 Å². The highest BCUT2D eigenvalue weighted by molar-refractivity contribution is 5.98. The highest BCUT2D eigenvalue weighted by Gasteiger charge is 2.52. The van der Waals surface area contributed by atoms with Crippen molar-refractivity contribution >= 4 is 0 Å². The molecule has 0 saturated carbocycles. The SMILES string of the molecule is c1ccc(-c2ccc(-c3nc(-c4ccccc4)nc(-c4ccc(-c5ccc(-c6cccc7c6C6(c8ccccc8-c8ccccc86)c6ccccc6-7)cc5)cc4)n3)cc2)cc1. The predicted octanol–water partition coefficient (Wildman–Crippen LogP) is 14.2. The Kier molecular flexibility index (Phi) is 8.07. The molecule has 0 radical (unpaired) electrons. The first kappa shape index (κ1) is 35.0. The molecule has 2 aliphatic rings. The second-order valence-corrected chi connectivity index (χ2v) is 15.9. The Morgan fingerprint density at radius 1 is 0.213 bits per heavy atom. The van der Waals surface area contributed by atoms with Gasteiger partial charge in [0.25, 0.3) is 0 Å². The number of hydrogen-bond acceptors (Lipinski definition) is 3. The van der Waals surface area contributed by atoms with Crippen LogP contribution in [0.15, 0.2) is 224 Å². The smallest absolute Gasteiger partial charge is 0.164 e. The van der Waals surface area contributed by atoms with E-state index in [1.165, 1.54) is 61.2 Å². The first-order chi connectivity index (χ1) is 30.2. The lowest BCUT2D eigenvalue weighted by Gasteiger charge is -2.32. The van der Waals surface area contributed by atoms with E-state index in [4.69, 9.17) is 15.0 Å². The van der Waals surface area contributed by atoms with Gasteiger partial charge >= 0.3 is 0 Å². The number of aromatic nitrogens is 3. The summed E-state index contributed by atoms with van der Waals surface area (Å²) in [6.45, 7) is 0. The average molecular weight is 776 g/mol. The molecular weight excluding hydrogens is 739 g/mol. The Hall–Kier alpha value is -8.01. The van der Waals surface area contributed by atoms with Crippen molar-refractivity contribution in [3.63, 3.8) is 0 Å². The van der Waals surface area contributed by atoms with E-state index >= 15 is 0 Å². The van der Waals surface area contributed by atoms with Gasteiger partial charge in [0.2, 0.25) is 0 Å². The fourth-order valence-electron chi connectivity index (χ4n) is 9.84. The predicted molar refractivity (Wildman–Crippen MR) is 249 cm³/mol. The van der Waals surface area contributed by atoms with Crippen molar-refractivity contribution in [3.05, 3.63) is 247 Å².